The van der Waals surface area contributed by atoms with Gasteiger partial charge in [-0.2, -0.15) is 0 Å². The van der Waals surface area contributed by atoms with Gasteiger partial charge in [-0.15, -0.1) is 0 Å². The quantitative estimate of drug-likeness (QED) is 0.856. The van der Waals surface area contributed by atoms with Crippen LogP contribution in [-0.2, 0) is 0 Å². The Bertz CT molecular complexity index is 409. The molecule has 18 heavy (non-hydrogen) atoms. The molecule has 1 saturated carbocycles. The van der Waals surface area contributed by atoms with Gasteiger partial charge in [-0.1, -0.05) is 29.8 Å². The van der Waals surface area contributed by atoms with Gasteiger partial charge in [0.2, 0.25) is 5.92 Å². The molecule has 0 amide bonds. The SMILES string of the molecule is CC(NCC1CCC(F)(F)C1)c1ccccc1Cl. The molecule has 1 nitrogen and oxygen atoms in total. The van der Waals surface area contributed by atoms with Crippen molar-refractivity contribution in [3.63, 3.8) is 0 Å². The maximum atomic E-state index is 13.1. The van der Waals surface area contributed by atoms with Crippen molar-refractivity contribution in [3.8, 4) is 0 Å². The second-order valence-corrected chi connectivity index (χ2v) is 5.52. The molecule has 4 heteroatoms. The van der Waals surface area contributed by atoms with E-state index < -0.39 is 5.92 Å². The summed E-state index contributed by atoms with van der Waals surface area (Å²) in [4.78, 5) is 0. The molecule has 0 bridgehead atoms. The fourth-order valence-corrected chi connectivity index (χ4v) is 2.80. The summed E-state index contributed by atoms with van der Waals surface area (Å²) in [5.74, 6) is -2.38. The van der Waals surface area contributed by atoms with Crippen molar-refractivity contribution in [3.05, 3.63) is 34.9 Å². The minimum atomic E-state index is -2.46. The van der Waals surface area contributed by atoms with Gasteiger partial charge in [-0.05, 0) is 37.4 Å². The van der Waals surface area contributed by atoms with Crippen LogP contribution in [0.15, 0.2) is 24.3 Å². The lowest BCUT2D eigenvalue weighted by atomic mass is 10.1. The van der Waals surface area contributed by atoms with Gasteiger partial charge in [-0.25, -0.2) is 8.78 Å². The maximum Gasteiger partial charge on any atom is 0.248 e. The van der Waals surface area contributed by atoms with Gasteiger partial charge in [0.05, 0.1) is 0 Å². The maximum absolute atomic E-state index is 13.1. The summed E-state index contributed by atoms with van der Waals surface area (Å²) >= 11 is 6.10. The third-order valence-electron chi connectivity index (χ3n) is 3.59. The van der Waals surface area contributed by atoms with E-state index in [0.717, 1.165) is 5.56 Å². The third kappa shape index (κ3) is 3.42. The molecule has 1 aliphatic carbocycles. The molecule has 1 aromatic rings. The summed E-state index contributed by atoms with van der Waals surface area (Å²) in [6.07, 6.45) is 0.643. The van der Waals surface area contributed by atoms with Gasteiger partial charge in [0.15, 0.2) is 0 Å². The van der Waals surface area contributed by atoms with Crippen LogP contribution in [0.1, 0.15) is 37.8 Å². The number of hydrogen-bond acceptors (Lipinski definition) is 1. The van der Waals surface area contributed by atoms with Crippen molar-refractivity contribution >= 4 is 11.6 Å². The molecular weight excluding hydrogens is 256 g/mol. The Hall–Kier alpha value is -0.670. The lowest BCUT2D eigenvalue weighted by Gasteiger charge is -2.18. The first-order valence-electron chi connectivity index (χ1n) is 6.33. The standard InChI is InChI=1S/C14H18ClF2N/c1-10(12-4-2-3-5-13(12)15)18-9-11-6-7-14(16,17)8-11/h2-5,10-11,18H,6-9H2,1H3. The summed E-state index contributed by atoms with van der Waals surface area (Å²) in [6.45, 7) is 2.64. The fourth-order valence-electron chi connectivity index (χ4n) is 2.50. The van der Waals surface area contributed by atoms with Crippen LogP contribution in [0.4, 0.5) is 8.78 Å². The fraction of sp³-hybridized carbons (Fsp3) is 0.571. The van der Waals surface area contributed by atoms with E-state index in [1.807, 2.05) is 31.2 Å². The van der Waals surface area contributed by atoms with Crippen LogP contribution in [0.5, 0.6) is 0 Å². The summed E-state index contributed by atoms with van der Waals surface area (Å²) in [5.41, 5.74) is 1.02. The van der Waals surface area contributed by atoms with Crippen LogP contribution < -0.4 is 5.32 Å². The van der Waals surface area contributed by atoms with E-state index in [0.29, 0.717) is 18.0 Å². The number of alkyl halides is 2. The van der Waals surface area contributed by atoms with Crippen molar-refractivity contribution in [2.75, 3.05) is 6.54 Å². The molecule has 0 saturated heterocycles. The number of rotatable bonds is 4. The Morgan fingerprint density at radius 1 is 1.44 bits per heavy atom. The highest BCUT2D eigenvalue weighted by atomic mass is 35.5. The number of hydrogen-bond donors (Lipinski definition) is 1. The molecule has 100 valence electrons. The smallest absolute Gasteiger partial charge is 0.248 e. The Balaban J connectivity index is 1.86. The molecule has 1 aromatic carbocycles. The lowest BCUT2D eigenvalue weighted by molar-refractivity contribution is 0.00500. The van der Waals surface area contributed by atoms with Gasteiger partial charge in [0.25, 0.3) is 0 Å². The molecule has 1 aliphatic rings. The average molecular weight is 274 g/mol. The van der Waals surface area contributed by atoms with E-state index >= 15 is 0 Å². The zero-order valence-corrected chi connectivity index (χ0v) is 11.2. The van der Waals surface area contributed by atoms with Crippen LogP contribution >= 0.6 is 11.6 Å². The first-order valence-corrected chi connectivity index (χ1v) is 6.71. The molecule has 0 radical (unpaired) electrons. The minimum absolute atomic E-state index is 0.00917. The zero-order chi connectivity index (χ0) is 13.2. The van der Waals surface area contributed by atoms with E-state index in [2.05, 4.69) is 5.32 Å². The highest BCUT2D eigenvalue weighted by Crippen LogP contribution is 2.38. The first-order chi connectivity index (χ1) is 8.48. The van der Waals surface area contributed by atoms with Crippen LogP contribution in [0.25, 0.3) is 0 Å². The van der Waals surface area contributed by atoms with Crippen molar-refractivity contribution in [1.29, 1.82) is 0 Å². The monoisotopic (exact) mass is 273 g/mol. The Kier molecular flexibility index (Phi) is 4.23. The van der Waals surface area contributed by atoms with Gasteiger partial charge in [0.1, 0.15) is 0 Å². The summed E-state index contributed by atoms with van der Waals surface area (Å²) < 4.78 is 26.1. The van der Waals surface area contributed by atoms with E-state index in [-0.39, 0.29) is 24.8 Å². The molecule has 0 aliphatic heterocycles. The summed E-state index contributed by atoms with van der Waals surface area (Å²) in [6, 6.07) is 7.72. The molecular formula is C14H18ClF2N. The van der Waals surface area contributed by atoms with E-state index in [1.54, 1.807) is 0 Å². The second-order valence-electron chi connectivity index (χ2n) is 5.12. The van der Waals surface area contributed by atoms with Crippen LogP contribution in [-0.4, -0.2) is 12.5 Å². The van der Waals surface area contributed by atoms with Crippen LogP contribution in [0.3, 0.4) is 0 Å². The lowest BCUT2D eigenvalue weighted by Crippen LogP contribution is -2.25. The van der Waals surface area contributed by atoms with Crippen LogP contribution in [0.2, 0.25) is 5.02 Å². The predicted octanol–water partition coefficient (Wildman–Crippen LogP) is 4.43. The first kappa shape index (κ1) is 13.8. The molecule has 2 unspecified atom stereocenters. The second kappa shape index (κ2) is 5.54. The Morgan fingerprint density at radius 2 is 2.17 bits per heavy atom. The number of nitrogens with one attached hydrogen (secondary N) is 1. The van der Waals surface area contributed by atoms with Gasteiger partial charge in [-0.3, -0.25) is 0 Å². The summed E-state index contributed by atoms with van der Waals surface area (Å²) in [7, 11) is 0. The normalized spacial score (nSPS) is 24.1. The van der Waals surface area contributed by atoms with Crippen molar-refractivity contribution in [2.24, 2.45) is 5.92 Å². The highest BCUT2D eigenvalue weighted by Gasteiger charge is 2.39. The Morgan fingerprint density at radius 3 is 2.78 bits per heavy atom. The minimum Gasteiger partial charge on any atom is -0.310 e. The van der Waals surface area contributed by atoms with E-state index in [1.165, 1.54) is 0 Å². The Labute approximate surface area is 112 Å². The number of benzene rings is 1. The molecule has 1 N–H and O–H groups in total. The molecule has 2 atom stereocenters. The van der Waals surface area contributed by atoms with Crippen molar-refractivity contribution in [2.45, 2.75) is 38.2 Å². The van der Waals surface area contributed by atoms with Gasteiger partial charge >= 0.3 is 0 Å². The summed E-state index contributed by atoms with van der Waals surface area (Å²) in [5, 5.41) is 4.02. The molecule has 0 heterocycles. The van der Waals surface area contributed by atoms with Gasteiger partial charge < -0.3 is 5.32 Å². The van der Waals surface area contributed by atoms with Crippen LogP contribution in [0, 0.1) is 5.92 Å². The highest BCUT2D eigenvalue weighted by molar-refractivity contribution is 6.31. The molecule has 0 spiro atoms. The van der Waals surface area contributed by atoms with E-state index in [9.17, 15) is 8.78 Å². The average Bonchev–Trinajstić information content (AvgIpc) is 2.66. The topological polar surface area (TPSA) is 12.0 Å². The number of halogens is 3. The predicted molar refractivity (Wildman–Crippen MR) is 70.2 cm³/mol. The van der Waals surface area contributed by atoms with E-state index in [4.69, 9.17) is 11.6 Å². The zero-order valence-electron chi connectivity index (χ0n) is 10.4. The molecule has 1 fully saturated rings. The molecule has 2 rings (SSSR count). The van der Waals surface area contributed by atoms with Gasteiger partial charge in [0, 0.05) is 23.9 Å². The van der Waals surface area contributed by atoms with Crippen molar-refractivity contribution < 1.29 is 8.78 Å². The van der Waals surface area contributed by atoms with Crippen molar-refractivity contribution in [1.82, 2.24) is 5.32 Å². The third-order valence-corrected chi connectivity index (χ3v) is 3.93. The molecule has 0 aromatic heterocycles. The largest absolute Gasteiger partial charge is 0.310 e.